The molecule has 26 heavy (non-hydrogen) atoms. The van der Waals surface area contributed by atoms with E-state index in [9.17, 15) is 13.2 Å². The van der Waals surface area contributed by atoms with Gasteiger partial charge in [0.05, 0.1) is 5.75 Å². The van der Waals surface area contributed by atoms with Crippen LogP contribution in [-0.2, 0) is 16.4 Å². The maximum Gasteiger partial charge on any atom is 0.317 e. The molecule has 2 amide bonds. The van der Waals surface area contributed by atoms with Crippen molar-refractivity contribution in [1.29, 1.82) is 0 Å². The molecule has 1 aromatic carbocycles. The third kappa shape index (κ3) is 4.20. The average Bonchev–Trinajstić information content (AvgIpc) is 2.86. The second-order valence-electron chi connectivity index (χ2n) is 7.35. The number of aryl methyl sites for hydroxylation is 2. The van der Waals surface area contributed by atoms with Gasteiger partial charge in [-0.3, -0.25) is 0 Å². The number of hydrogen-bond acceptors (Lipinski definition) is 3. The summed E-state index contributed by atoms with van der Waals surface area (Å²) >= 11 is 0. The summed E-state index contributed by atoms with van der Waals surface area (Å²) in [4.78, 5) is 17.7. The van der Waals surface area contributed by atoms with Crippen molar-refractivity contribution < 1.29 is 13.2 Å². The van der Waals surface area contributed by atoms with E-state index in [1.807, 2.05) is 12.1 Å². The van der Waals surface area contributed by atoms with E-state index in [1.165, 1.54) is 17.2 Å². The predicted molar refractivity (Wildman–Crippen MR) is 104 cm³/mol. The number of urea groups is 1. The molecule has 1 aliphatic rings. The number of hydrogen-bond donors (Lipinski definition) is 2. The predicted octanol–water partition coefficient (Wildman–Crippen LogP) is 2.89. The highest BCUT2D eigenvalue weighted by Gasteiger charge is 2.29. The summed E-state index contributed by atoms with van der Waals surface area (Å²) in [5.74, 6) is 0.0359. The number of benzene rings is 1. The van der Waals surface area contributed by atoms with Crippen molar-refractivity contribution in [1.82, 2.24) is 15.2 Å². The molecule has 0 saturated carbocycles. The summed E-state index contributed by atoms with van der Waals surface area (Å²) in [6, 6.07) is 5.72. The summed E-state index contributed by atoms with van der Waals surface area (Å²) in [5.41, 5.74) is 4.50. The number of rotatable bonds is 4. The zero-order valence-corrected chi connectivity index (χ0v) is 16.4. The Bertz CT molecular complexity index is 917. The Morgan fingerprint density at radius 3 is 2.81 bits per heavy atom. The van der Waals surface area contributed by atoms with Gasteiger partial charge in [-0.2, -0.15) is 0 Å². The Hall–Kier alpha value is -2.02. The molecular formula is C19H27N3O3S. The van der Waals surface area contributed by atoms with Gasteiger partial charge in [0.15, 0.2) is 0 Å². The average molecular weight is 378 g/mol. The number of carbonyl (C=O) groups is 1. The molecule has 0 spiro atoms. The third-order valence-electron chi connectivity index (χ3n) is 5.20. The van der Waals surface area contributed by atoms with E-state index in [4.69, 9.17) is 0 Å². The van der Waals surface area contributed by atoms with E-state index >= 15 is 0 Å². The van der Waals surface area contributed by atoms with Crippen LogP contribution < -0.4 is 5.32 Å². The summed E-state index contributed by atoms with van der Waals surface area (Å²) < 4.78 is 23.3. The van der Waals surface area contributed by atoms with Gasteiger partial charge in [0.1, 0.15) is 9.84 Å². The summed E-state index contributed by atoms with van der Waals surface area (Å²) in [5, 5.41) is 4.13. The highest BCUT2D eigenvalue weighted by molar-refractivity contribution is 7.90. The van der Waals surface area contributed by atoms with Crippen LogP contribution in [-0.4, -0.2) is 48.9 Å². The number of fused-ring (bicyclic) bond motifs is 1. The summed E-state index contributed by atoms with van der Waals surface area (Å²) in [6.07, 6.45) is 3.86. The maximum absolute atomic E-state index is 12.6. The first-order valence-corrected chi connectivity index (χ1v) is 11.1. The first-order chi connectivity index (χ1) is 12.2. The number of aromatic amines is 1. The van der Waals surface area contributed by atoms with Gasteiger partial charge >= 0.3 is 6.03 Å². The van der Waals surface area contributed by atoms with Crippen LogP contribution in [0.4, 0.5) is 4.79 Å². The number of piperidine rings is 1. The first kappa shape index (κ1) is 18.8. The van der Waals surface area contributed by atoms with Crippen LogP contribution in [0.2, 0.25) is 0 Å². The third-order valence-corrected chi connectivity index (χ3v) is 6.19. The molecule has 3 rings (SSSR count). The number of H-pyrrole nitrogens is 1. The minimum Gasteiger partial charge on any atom is -0.358 e. The molecular weight excluding hydrogens is 350 g/mol. The van der Waals surface area contributed by atoms with Crippen LogP contribution >= 0.6 is 0 Å². The van der Waals surface area contributed by atoms with Gasteiger partial charge < -0.3 is 15.2 Å². The number of aromatic nitrogens is 1. The van der Waals surface area contributed by atoms with Gasteiger partial charge in [0, 0.05) is 42.0 Å². The normalized spacial score (nSPS) is 18.3. The van der Waals surface area contributed by atoms with E-state index < -0.39 is 9.84 Å². The largest absolute Gasteiger partial charge is 0.358 e. The fraction of sp³-hybridized carbons (Fsp3) is 0.526. The minimum atomic E-state index is -3.11. The van der Waals surface area contributed by atoms with Gasteiger partial charge in [-0.15, -0.1) is 0 Å². The smallest absolute Gasteiger partial charge is 0.317 e. The lowest BCUT2D eigenvalue weighted by Gasteiger charge is -2.35. The van der Waals surface area contributed by atoms with Crippen LogP contribution in [0.15, 0.2) is 18.2 Å². The van der Waals surface area contributed by atoms with Crippen molar-refractivity contribution in [3.63, 3.8) is 0 Å². The maximum atomic E-state index is 12.6. The Morgan fingerprint density at radius 1 is 1.31 bits per heavy atom. The Labute approximate surface area is 154 Å². The van der Waals surface area contributed by atoms with Crippen LogP contribution in [0.3, 0.4) is 0 Å². The first-order valence-electron chi connectivity index (χ1n) is 9.04. The van der Waals surface area contributed by atoms with Crippen LogP contribution in [0, 0.1) is 13.8 Å². The minimum absolute atomic E-state index is 0.0359. The van der Waals surface area contributed by atoms with Crippen LogP contribution in [0.5, 0.6) is 0 Å². The molecule has 0 aliphatic carbocycles. The standard InChI is InChI=1S/C19H27N3O3S/c1-13-14(2)21-18-8-7-15(10-17(13)18)11-20-19(23)22-9-5-4-6-16(22)12-26(3,24)25/h7-8,10,16,21H,4-6,9,11-12H2,1-3H3,(H,20,23). The van der Waals surface area contributed by atoms with Gasteiger partial charge in [0.25, 0.3) is 0 Å². The number of sulfone groups is 1. The Balaban J connectivity index is 1.68. The summed E-state index contributed by atoms with van der Waals surface area (Å²) in [6.45, 7) is 5.18. The molecule has 1 aliphatic heterocycles. The molecule has 2 aromatic rings. The molecule has 2 N–H and O–H groups in total. The fourth-order valence-electron chi connectivity index (χ4n) is 3.69. The monoisotopic (exact) mass is 377 g/mol. The second-order valence-corrected chi connectivity index (χ2v) is 9.53. The van der Waals surface area contributed by atoms with Crippen molar-refractivity contribution in [2.24, 2.45) is 0 Å². The summed E-state index contributed by atoms with van der Waals surface area (Å²) in [7, 11) is -3.11. The number of likely N-dealkylation sites (tertiary alicyclic amines) is 1. The van der Waals surface area contributed by atoms with Gasteiger partial charge in [-0.05, 0) is 56.4 Å². The van der Waals surface area contributed by atoms with Gasteiger partial charge in [-0.25, -0.2) is 13.2 Å². The molecule has 2 heterocycles. The van der Waals surface area contributed by atoms with Gasteiger partial charge in [0.2, 0.25) is 0 Å². The van der Waals surface area contributed by atoms with Crippen molar-refractivity contribution >= 4 is 26.8 Å². The quantitative estimate of drug-likeness (QED) is 0.859. The molecule has 1 atom stereocenters. The van der Waals surface area contributed by atoms with Crippen molar-refractivity contribution in [3.8, 4) is 0 Å². The zero-order valence-electron chi connectivity index (χ0n) is 15.6. The van der Waals surface area contributed by atoms with Crippen LogP contribution in [0.25, 0.3) is 10.9 Å². The lowest BCUT2D eigenvalue weighted by atomic mass is 10.0. The van der Waals surface area contributed by atoms with E-state index in [-0.39, 0.29) is 17.8 Å². The van der Waals surface area contributed by atoms with E-state index in [0.717, 1.165) is 36.0 Å². The second kappa shape index (κ2) is 7.31. The van der Waals surface area contributed by atoms with Gasteiger partial charge in [-0.1, -0.05) is 6.07 Å². The van der Waals surface area contributed by atoms with Crippen molar-refractivity contribution in [3.05, 3.63) is 35.0 Å². The number of nitrogens with one attached hydrogen (secondary N) is 2. The van der Waals surface area contributed by atoms with E-state index in [2.05, 4.69) is 30.2 Å². The van der Waals surface area contributed by atoms with Crippen molar-refractivity contribution in [2.45, 2.75) is 45.7 Å². The molecule has 1 saturated heterocycles. The highest BCUT2D eigenvalue weighted by atomic mass is 32.2. The molecule has 1 aromatic heterocycles. The Morgan fingerprint density at radius 2 is 2.08 bits per heavy atom. The lowest BCUT2D eigenvalue weighted by Crippen LogP contribution is -2.50. The van der Waals surface area contributed by atoms with E-state index in [0.29, 0.717) is 13.1 Å². The zero-order chi connectivity index (χ0) is 18.9. The molecule has 142 valence electrons. The molecule has 0 radical (unpaired) electrons. The molecule has 0 bridgehead atoms. The topological polar surface area (TPSA) is 82.3 Å². The number of amides is 2. The van der Waals surface area contributed by atoms with Crippen LogP contribution in [0.1, 0.15) is 36.1 Å². The number of carbonyl (C=O) groups excluding carboxylic acids is 1. The molecule has 7 heteroatoms. The Kier molecular flexibility index (Phi) is 5.27. The van der Waals surface area contributed by atoms with E-state index in [1.54, 1.807) is 4.90 Å². The molecule has 6 nitrogen and oxygen atoms in total. The molecule has 1 fully saturated rings. The number of nitrogens with zero attached hydrogens (tertiary/aromatic N) is 1. The molecule has 1 unspecified atom stereocenters. The lowest BCUT2D eigenvalue weighted by molar-refractivity contribution is 0.159. The SMILES string of the molecule is Cc1[nH]c2ccc(CNC(=O)N3CCCCC3CS(C)(=O)=O)cc2c1C. The van der Waals surface area contributed by atoms with Crippen molar-refractivity contribution in [2.75, 3.05) is 18.6 Å². The highest BCUT2D eigenvalue weighted by Crippen LogP contribution is 2.23. The fourth-order valence-corrected chi connectivity index (χ4v) is 4.73.